The van der Waals surface area contributed by atoms with E-state index >= 15 is 0 Å². The van der Waals surface area contributed by atoms with Crippen molar-refractivity contribution in [1.29, 1.82) is 0 Å². The van der Waals surface area contributed by atoms with Crippen LogP contribution in [0.4, 0.5) is 10.5 Å². The van der Waals surface area contributed by atoms with Crippen molar-refractivity contribution in [3.8, 4) is 11.5 Å². The summed E-state index contributed by atoms with van der Waals surface area (Å²) in [6, 6.07) is 14.1. The summed E-state index contributed by atoms with van der Waals surface area (Å²) in [6.45, 7) is 1.67. The lowest BCUT2D eigenvalue weighted by molar-refractivity contribution is -0.136. The minimum atomic E-state index is -0.864. The van der Waals surface area contributed by atoms with Crippen LogP contribution in [0.25, 0.3) is 22.6 Å². The molecule has 4 amide bonds. The fraction of sp³-hybridized carbons (Fsp3) is 0.333. The molecular weight excluding hydrogens is 408 g/mol. The van der Waals surface area contributed by atoms with Gasteiger partial charge < -0.3 is 15.1 Å². The Morgan fingerprint density at radius 3 is 2.72 bits per heavy atom. The second-order valence-corrected chi connectivity index (χ2v) is 8.55. The SMILES string of the molecule is C[C@@H]1CCCC[C@]12NC(=O)N(CC(=O)Nc1ccc(-c3nc4ccccc4o3)cc1)C2=O. The lowest BCUT2D eigenvalue weighted by atomic mass is 9.73. The highest BCUT2D eigenvalue weighted by Gasteiger charge is 2.55. The predicted molar refractivity (Wildman–Crippen MR) is 119 cm³/mol. The van der Waals surface area contributed by atoms with Gasteiger partial charge in [-0.25, -0.2) is 9.78 Å². The standard InChI is InChI=1S/C24H24N4O4/c1-15-6-4-5-13-24(15)22(30)28(23(31)27-24)14-20(29)25-17-11-9-16(10-12-17)21-26-18-7-2-3-8-19(18)32-21/h2-3,7-12,15H,4-6,13-14H2,1H3,(H,25,29)(H,27,31)/t15-,24+/m1/s1. The number of anilines is 1. The molecule has 1 aliphatic heterocycles. The molecule has 2 atom stereocenters. The van der Waals surface area contributed by atoms with E-state index in [2.05, 4.69) is 15.6 Å². The number of nitrogens with zero attached hydrogens (tertiary/aromatic N) is 2. The maximum atomic E-state index is 13.0. The Morgan fingerprint density at radius 2 is 1.97 bits per heavy atom. The number of aromatic nitrogens is 1. The number of urea groups is 1. The van der Waals surface area contributed by atoms with Crippen LogP contribution < -0.4 is 10.6 Å². The molecule has 0 radical (unpaired) electrons. The first-order valence-corrected chi connectivity index (χ1v) is 10.9. The first-order valence-electron chi connectivity index (χ1n) is 10.9. The Morgan fingerprint density at radius 1 is 1.19 bits per heavy atom. The second-order valence-electron chi connectivity index (χ2n) is 8.55. The number of fused-ring (bicyclic) bond motifs is 1. The molecule has 1 aromatic heterocycles. The van der Waals surface area contributed by atoms with Crippen molar-refractivity contribution >= 4 is 34.6 Å². The van der Waals surface area contributed by atoms with E-state index in [0.29, 0.717) is 23.6 Å². The van der Waals surface area contributed by atoms with Crippen LogP contribution in [-0.4, -0.2) is 39.8 Å². The lowest BCUT2D eigenvalue weighted by Gasteiger charge is -2.36. The summed E-state index contributed by atoms with van der Waals surface area (Å²) in [5, 5.41) is 5.62. The third-order valence-electron chi connectivity index (χ3n) is 6.51. The minimum absolute atomic E-state index is 0.0557. The Hall–Kier alpha value is -3.68. The molecule has 0 unspecified atom stereocenters. The average Bonchev–Trinajstić information content (AvgIpc) is 3.32. The zero-order valence-electron chi connectivity index (χ0n) is 17.8. The van der Waals surface area contributed by atoms with Crippen LogP contribution in [-0.2, 0) is 9.59 Å². The number of imide groups is 1. The molecular formula is C24H24N4O4. The van der Waals surface area contributed by atoms with Crippen LogP contribution in [0.1, 0.15) is 32.6 Å². The number of hydrogen-bond acceptors (Lipinski definition) is 5. The minimum Gasteiger partial charge on any atom is -0.436 e. The zero-order valence-corrected chi connectivity index (χ0v) is 17.8. The third-order valence-corrected chi connectivity index (χ3v) is 6.51. The first-order chi connectivity index (χ1) is 15.5. The highest BCUT2D eigenvalue weighted by molar-refractivity contribution is 6.10. The number of carbonyl (C=O) groups excluding carboxylic acids is 3. The van der Waals surface area contributed by atoms with Crippen LogP contribution in [0.15, 0.2) is 52.9 Å². The first kappa shape index (κ1) is 20.2. The van der Waals surface area contributed by atoms with Gasteiger partial charge in [-0.3, -0.25) is 14.5 Å². The van der Waals surface area contributed by atoms with Gasteiger partial charge in [0.15, 0.2) is 5.58 Å². The van der Waals surface area contributed by atoms with Crippen molar-refractivity contribution in [2.75, 3.05) is 11.9 Å². The van der Waals surface area contributed by atoms with Crippen molar-refractivity contribution in [3.63, 3.8) is 0 Å². The van der Waals surface area contributed by atoms with Crippen LogP contribution in [0.2, 0.25) is 0 Å². The van der Waals surface area contributed by atoms with Gasteiger partial charge in [0.05, 0.1) is 0 Å². The van der Waals surface area contributed by atoms with Crippen LogP contribution in [0.5, 0.6) is 0 Å². The molecule has 8 nitrogen and oxygen atoms in total. The van der Waals surface area contributed by atoms with Gasteiger partial charge in [-0.15, -0.1) is 0 Å². The molecule has 2 heterocycles. The lowest BCUT2D eigenvalue weighted by Crippen LogP contribution is -2.54. The molecule has 5 rings (SSSR count). The molecule has 0 bridgehead atoms. The fourth-order valence-electron chi connectivity index (χ4n) is 4.67. The molecule has 2 aliphatic rings. The fourth-order valence-corrected chi connectivity index (χ4v) is 4.67. The van der Waals surface area contributed by atoms with Crippen molar-refractivity contribution in [3.05, 3.63) is 48.5 Å². The van der Waals surface area contributed by atoms with Crippen molar-refractivity contribution < 1.29 is 18.8 Å². The number of amides is 4. The maximum absolute atomic E-state index is 13.0. The molecule has 2 aromatic carbocycles. The largest absolute Gasteiger partial charge is 0.436 e. The van der Waals surface area contributed by atoms with Gasteiger partial charge in [-0.05, 0) is 55.2 Å². The quantitative estimate of drug-likeness (QED) is 0.608. The number of nitrogens with one attached hydrogen (secondary N) is 2. The highest BCUT2D eigenvalue weighted by atomic mass is 16.3. The van der Waals surface area contributed by atoms with Gasteiger partial charge in [-0.1, -0.05) is 31.9 Å². The number of rotatable bonds is 4. The molecule has 3 aromatic rings. The van der Waals surface area contributed by atoms with E-state index in [4.69, 9.17) is 4.42 Å². The van der Waals surface area contributed by atoms with E-state index in [-0.39, 0.29) is 18.4 Å². The van der Waals surface area contributed by atoms with E-state index in [1.807, 2.05) is 31.2 Å². The summed E-state index contributed by atoms with van der Waals surface area (Å²) in [7, 11) is 0. The summed E-state index contributed by atoms with van der Waals surface area (Å²) in [5.41, 5.74) is 1.96. The number of carbonyl (C=O) groups is 3. The van der Waals surface area contributed by atoms with Gasteiger partial charge >= 0.3 is 6.03 Å². The predicted octanol–water partition coefficient (Wildman–Crippen LogP) is 3.93. The maximum Gasteiger partial charge on any atom is 0.325 e. The second kappa shape index (κ2) is 7.78. The molecule has 1 aliphatic carbocycles. The summed E-state index contributed by atoms with van der Waals surface area (Å²) in [6.07, 6.45) is 3.45. The van der Waals surface area contributed by atoms with E-state index in [1.54, 1.807) is 24.3 Å². The Balaban J connectivity index is 1.25. The summed E-state index contributed by atoms with van der Waals surface area (Å²) >= 11 is 0. The van der Waals surface area contributed by atoms with E-state index in [9.17, 15) is 14.4 Å². The number of hydrogen-bond donors (Lipinski definition) is 2. The Bertz CT molecular complexity index is 1170. The molecule has 1 saturated heterocycles. The molecule has 8 heteroatoms. The van der Waals surface area contributed by atoms with E-state index in [1.165, 1.54) is 0 Å². The highest BCUT2D eigenvalue weighted by Crippen LogP contribution is 2.38. The number of oxazole rings is 1. The van der Waals surface area contributed by atoms with Gasteiger partial charge in [0, 0.05) is 11.3 Å². The van der Waals surface area contributed by atoms with Crippen molar-refractivity contribution in [1.82, 2.24) is 15.2 Å². The van der Waals surface area contributed by atoms with E-state index in [0.717, 1.165) is 35.2 Å². The summed E-state index contributed by atoms with van der Waals surface area (Å²) < 4.78 is 5.76. The average molecular weight is 432 g/mol. The van der Waals surface area contributed by atoms with Crippen molar-refractivity contribution in [2.45, 2.75) is 38.1 Å². The van der Waals surface area contributed by atoms with Crippen molar-refractivity contribution in [2.24, 2.45) is 5.92 Å². The number of para-hydroxylation sites is 2. The zero-order chi connectivity index (χ0) is 22.3. The van der Waals surface area contributed by atoms with Gasteiger partial charge in [0.2, 0.25) is 11.8 Å². The normalized spacial score (nSPS) is 23.0. The molecule has 32 heavy (non-hydrogen) atoms. The van der Waals surface area contributed by atoms with Gasteiger partial charge in [0.25, 0.3) is 5.91 Å². The van der Waals surface area contributed by atoms with E-state index < -0.39 is 17.5 Å². The monoisotopic (exact) mass is 432 g/mol. The number of benzene rings is 2. The Kier molecular flexibility index (Phi) is 4.92. The molecule has 1 saturated carbocycles. The van der Waals surface area contributed by atoms with Crippen LogP contribution in [0, 0.1) is 5.92 Å². The molecule has 2 N–H and O–H groups in total. The third kappa shape index (κ3) is 3.41. The smallest absolute Gasteiger partial charge is 0.325 e. The Labute approximate surface area is 185 Å². The van der Waals surface area contributed by atoms with Gasteiger partial charge in [0.1, 0.15) is 17.6 Å². The van der Waals surface area contributed by atoms with Gasteiger partial charge in [-0.2, -0.15) is 0 Å². The molecule has 164 valence electrons. The summed E-state index contributed by atoms with van der Waals surface area (Å²) in [5.74, 6) is -0.171. The molecule has 1 spiro atoms. The topological polar surface area (TPSA) is 105 Å². The summed E-state index contributed by atoms with van der Waals surface area (Å²) in [4.78, 5) is 43.5. The van der Waals surface area contributed by atoms with Crippen LogP contribution >= 0.6 is 0 Å². The molecule has 2 fully saturated rings. The van der Waals surface area contributed by atoms with Crippen LogP contribution in [0.3, 0.4) is 0 Å².